The number of benzene rings is 1. The number of carbonyl (C=O) groups excluding carboxylic acids is 1. The molecule has 0 bridgehead atoms. The number of hydrogen-bond donors (Lipinski definition) is 2. The molecule has 0 aliphatic heterocycles. The average molecular weight is 235 g/mol. The van der Waals surface area contributed by atoms with Crippen molar-refractivity contribution in [3.8, 4) is 11.8 Å². The van der Waals surface area contributed by atoms with E-state index in [0.717, 1.165) is 0 Å². The van der Waals surface area contributed by atoms with Crippen LogP contribution < -0.4 is 5.32 Å². The topological polar surface area (TPSA) is 49.3 Å². The van der Waals surface area contributed by atoms with E-state index in [-0.39, 0.29) is 12.5 Å². The summed E-state index contributed by atoms with van der Waals surface area (Å²) in [6.07, 6.45) is 0.505. The van der Waals surface area contributed by atoms with Crippen LogP contribution in [0.25, 0.3) is 0 Å². The Bertz CT molecular complexity index is 460. The molecule has 0 aromatic heterocycles. The Hall–Kier alpha value is -1.86. The Morgan fingerprint density at radius 1 is 1.47 bits per heavy atom. The maximum Gasteiger partial charge on any atom is 0.216 e. The van der Waals surface area contributed by atoms with E-state index in [2.05, 4.69) is 17.2 Å². The van der Waals surface area contributed by atoms with Gasteiger partial charge >= 0.3 is 0 Å². The second-order valence-corrected chi connectivity index (χ2v) is 3.54. The molecule has 90 valence electrons. The lowest BCUT2D eigenvalue weighted by atomic mass is 10.1. The highest BCUT2D eigenvalue weighted by atomic mass is 19.1. The van der Waals surface area contributed by atoms with Crippen molar-refractivity contribution in [2.24, 2.45) is 0 Å². The van der Waals surface area contributed by atoms with Gasteiger partial charge in [-0.1, -0.05) is 11.8 Å². The monoisotopic (exact) mass is 235 g/mol. The summed E-state index contributed by atoms with van der Waals surface area (Å²) in [6, 6.07) is 4.21. The lowest BCUT2D eigenvalue weighted by molar-refractivity contribution is -0.118. The summed E-state index contributed by atoms with van der Waals surface area (Å²) in [5, 5.41) is 11.5. The van der Waals surface area contributed by atoms with Gasteiger partial charge in [0.25, 0.3) is 0 Å². The maximum absolute atomic E-state index is 13.1. The van der Waals surface area contributed by atoms with Crippen LogP contribution in [0.5, 0.6) is 0 Å². The lowest BCUT2D eigenvalue weighted by Crippen LogP contribution is -2.20. The second-order valence-electron chi connectivity index (χ2n) is 3.54. The highest BCUT2D eigenvalue weighted by Crippen LogP contribution is 2.08. The summed E-state index contributed by atoms with van der Waals surface area (Å²) in [6.45, 7) is 1.70. The molecule has 3 nitrogen and oxygen atoms in total. The minimum absolute atomic E-state index is 0.0971. The molecule has 0 unspecified atom stereocenters. The van der Waals surface area contributed by atoms with E-state index >= 15 is 0 Å². The zero-order valence-corrected chi connectivity index (χ0v) is 9.59. The minimum Gasteiger partial charge on any atom is -0.392 e. The van der Waals surface area contributed by atoms with Crippen LogP contribution in [0.4, 0.5) is 4.39 Å². The average Bonchev–Trinajstić information content (AvgIpc) is 2.27. The van der Waals surface area contributed by atoms with Crippen molar-refractivity contribution in [3.63, 3.8) is 0 Å². The van der Waals surface area contributed by atoms with E-state index in [9.17, 15) is 9.18 Å². The van der Waals surface area contributed by atoms with Crippen LogP contribution in [-0.4, -0.2) is 17.6 Å². The van der Waals surface area contributed by atoms with E-state index in [4.69, 9.17) is 5.11 Å². The van der Waals surface area contributed by atoms with Gasteiger partial charge in [0, 0.05) is 25.5 Å². The first-order valence-corrected chi connectivity index (χ1v) is 5.25. The molecule has 1 aromatic carbocycles. The number of rotatable bonds is 3. The van der Waals surface area contributed by atoms with Crippen molar-refractivity contribution in [1.82, 2.24) is 5.32 Å². The molecule has 2 N–H and O–H groups in total. The molecule has 0 saturated heterocycles. The summed E-state index contributed by atoms with van der Waals surface area (Å²) in [7, 11) is 0. The van der Waals surface area contributed by atoms with Crippen molar-refractivity contribution >= 4 is 5.91 Å². The van der Waals surface area contributed by atoms with Gasteiger partial charge in [-0.05, 0) is 23.8 Å². The number of amides is 1. The van der Waals surface area contributed by atoms with Crippen LogP contribution in [0, 0.1) is 17.7 Å². The second kappa shape index (κ2) is 6.66. The molecule has 0 spiro atoms. The number of hydrogen-bond acceptors (Lipinski definition) is 2. The molecular weight excluding hydrogens is 221 g/mol. The quantitative estimate of drug-likeness (QED) is 0.611. The summed E-state index contributed by atoms with van der Waals surface area (Å²) in [5.41, 5.74) is 1.02. The number of carbonyl (C=O) groups is 1. The standard InChI is InChI=1S/C13H14FNO2/c1-10(17)15-5-3-2-4-11-6-12(9-16)8-13(14)7-11/h6-8,16H,3,5,9H2,1H3,(H,15,17). The van der Waals surface area contributed by atoms with Gasteiger partial charge in [-0.3, -0.25) is 4.79 Å². The van der Waals surface area contributed by atoms with Gasteiger partial charge in [0.15, 0.2) is 0 Å². The van der Waals surface area contributed by atoms with E-state index < -0.39 is 5.82 Å². The first-order chi connectivity index (χ1) is 8.11. The molecule has 1 amide bonds. The van der Waals surface area contributed by atoms with Gasteiger partial charge in [-0.15, -0.1) is 0 Å². The van der Waals surface area contributed by atoms with Crippen molar-refractivity contribution < 1.29 is 14.3 Å². The lowest BCUT2D eigenvalue weighted by Gasteiger charge is -1.98. The van der Waals surface area contributed by atoms with Crippen LogP contribution >= 0.6 is 0 Å². The van der Waals surface area contributed by atoms with Crippen molar-refractivity contribution in [1.29, 1.82) is 0 Å². The van der Waals surface area contributed by atoms with Gasteiger partial charge < -0.3 is 10.4 Å². The predicted octanol–water partition coefficient (Wildman–Crippen LogP) is 1.20. The molecular formula is C13H14FNO2. The fourth-order valence-corrected chi connectivity index (χ4v) is 1.28. The van der Waals surface area contributed by atoms with E-state index in [1.54, 1.807) is 6.07 Å². The molecule has 1 aromatic rings. The van der Waals surface area contributed by atoms with Gasteiger partial charge in [-0.25, -0.2) is 4.39 Å². The van der Waals surface area contributed by atoms with Gasteiger partial charge in [0.1, 0.15) is 5.82 Å². The molecule has 0 aliphatic carbocycles. The first kappa shape index (κ1) is 13.2. The first-order valence-electron chi connectivity index (χ1n) is 5.25. The number of nitrogens with one attached hydrogen (secondary N) is 1. The normalized spacial score (nSPS) is 9.35. The highest BCUT2D eigenvalue weighted by molar-refractivity contribution is 5.72. The van der Waals surface area contributed by atoms with Gasteiger partial charge in [0.05, 0.1) is 6.61 Å². The van der Waals surface area contributed by atoms with Gasteiger partial charge in [0.2, 0.25) is 5.91 Å². The molecule has 0 radical (unpaired) electrons. The van der Waals surface area contributed by atoms with Crippen LogP contribution in [0.3, 0.4) is 0 Å². The van der Waals surface area contributed by atoms with Gasteiger partial charge in [-0.2, -0.15) is 0 Å². The third-order valence-corrected chi connectivity index (χ3v) is 2.00. The highest BCUT2D eigenvalue weighted by Gasteiger charge is 1.97. The Morgan fingerprint density at radius 2 is 2.24 bits per heavy atom. The van der Waals surface area contributed by atoms with Crippen molar-refractivity contribution in [3.05, 3.63) is 35.1 Å². The molecule has 0 saturated carbocycles. The predicted molar refractivity (Wildman–Crippen MR) is 62.5 cm³/mol. The maximum atomic E-state index is 13.1. The van der Waals surface area contributed by atoms with Crippen LogP contribution in [0.15, 0.2) is 18.2 Å². The molecule has 0 heterocycles. The van der Waals surface area contributed by atoms with Crippen molar-refractivity contribution in [2.75, 3.05) is 6.54 Å². The molecule has 0 atom stereocenters. The van der Waals surface area contributed by atoms with Crippen LogP contribution in [0.1, 0.15) is 24.5 Å². The fourth-order valence-electron chi connectivity index (χ4n) is 1.28. The van der Waals surface area contributed by atoms with Crippen molar-refractivity contribution in [2.45, 2.75) is 20.0 Å². The molecule has 0 aliphatic rings. The summed E-state index contributed by atoms with van der Waals surface area (Å²) in [4.78, 5) is 10.6. The zero-order chi connectivity index (χ0) is 12.7. The van der Waals surface area contributed by atoms with E-state index in [1.807, 2.05) is 0 Å². The molecule has 1 rings (SSSR count). The Morgan fingerprint density at radius 3 is 2.88 bits per heavy atom. The molecule has 17 heavy (non-hydrogen) atoms. The third-order valence-electron chi connectivity index (χ3n) is 2.00. The minimum atomic E-state index is -0.414. The van der Waals surface area contributed by atoms with Crippen LogP contribution in [0.2, 0.25) is 0 Å². The summed E-state index contributed by atoms with van der Waals surface area (Å²) < 4.78 is 13.1. The Labute approximate surface area is 99.7 Å². The van der Waals surface area contributed by atoms with Crippen LogP contribution in [-0.2, 0) is 11.4 Å². The Kier molecular flexibility index (Phi) is 5.18. The number of aliphatic hydroxyl groups excluding tert-OH is 1. The summed E-state index contributed by atoms with van der Waals surface area (Å²) >= 11 is 0. The molecule has 0 fully saturated rings. The third kappa shape index (κ3) is 5.14. The molecule has 4 heteroatoms. The van der Waals surface area contributed by atoms with E-state index in [0.29, 0.717) is 24.1 Å². The SMILES string of the molecule is CC(=O)NCCC#Cc1cc(F)cc(CO)c1. The number of halogens is 1. The smallest absolute Gasteiger partial charge is 0.216 e. The number of aliphatic hydroxyl groups is 1. The fraction of sp³-hybridized carbons (Fsp3) is 0.308. The zero-order valence-electron chi connectivity index (χ0n) is 9.59. The largest absolute Gasteiger partial charge is 0.392 e. The van der Waals surface area contributed by atoms with E-state index in [1.165, 1.54) is 19.1 Å². The Balaban J connectivity index is 2.59. The summed E-state index contributed by atoms with van der Waals surface area (Å²) in [5.74, 6) is 5.09.